The van der Waals surface area contributed by atoms with Crippen LogP contribution in [0.2, 0.25) is 0 Å². The van der Waals surface area contributed by atoms with E-state index in [4.69, 9.17) is 10.5 Å². The third-order valence-corrected chi connectivity index (χ3v) is 3.76. The smallest absolute Gasteiger partial charge is 0.217 e. The highest BCUT2D eigenvalue weighted by Gasteiger charge is 2.11. The first-order valence-corrected chi connectivity index (χ1v) is 8.04. The van der Waals surface area contributed by atoms with Crippen LogP contribution in [-0.2, 0) is 0 Å². The SMILES string of the molecule is CCCCCCCCCCC(N)c1cccnc1OC. The van der Waals surface area contributed by atoms with Crippen molar-refractivity contribution in [1.82, 2.24) is 4.98 Å². The average Bonchev–Trinajstić information content (AvgIpc) is 2.49. The molecule has 0 aliphatic heterocycles. The highest BCUT2D eigenvalue weighted by molar-refractivity contribution is 5.28. The minimum atomic E-state index is 0.0405. The molecule has 0 spiro atoms. The standard InChI is InChI=1S/C17H30N2O/c1-3-4-5-6-7-8-9-10-13-16(18)15-12-11-14-19-17(15)20-2/h11-12,14,16H,3-10,13,18H2,1-2H3. The van der Waals surface area contributed by atoms with Crippen molar-refractivity contribution in [2.45, 2.75) is 70.8 Å². The molecule has 1 aromatic rings. The Hall–Kier alpha value is -1.09. The van der Waals surface area contributed by atoms with Crippen LogP contribution in [0.4, 0.5) is 0 Å². The number of nitrogens with two attached hydrogens (primary N) is 1. The van der Waals surface area contributed by atoms with E-state index in [1.54, 1.807) is 13.3 Å². The molecule has 1 unspecified atom stereocenters. The van der Waals surface area contributed by atoms with E-state index in [1.165, 1.54) is 51.4 Å². The molecule has 0 radical (unpaired) electrons. The molecule has 0 amide bonds. The second-order valence-corrected chi connectivity index (χ2v) is 5.47. The summed E-state index contributed by atoms with van der Waals surface area (Å²) in [6.07, 6.45) is 13.4. The van der Waals surface area contributed by atoms with Crippen molar-refractivity contribution < 1.29 is 4.74 Å². The Morgan fingerprint density at radius 2 is 1.75 bits per heavy atom. The summed E-state index contributed by atoms with van der Waals surface area (Å²) in [7, 11) is 1.65. The van der Waals surface area contributed by atoms with Crippen molar-refractivity contribution >= 4 is 0 Å². The quantitative estimate of drug-likeness (QED) is 0.601. The molecule has 0 fully saturated rings. The van der Waals surface area contributed by atoms with Gasteiger partial charge in [0.15, 0.2) is 0 Å². The van der Waals surface area contributed by atoms with Crippen molar-refractivity contribution in [2.75, 3.05) is 7.11 Å². The maximum absolute atomic E-state index is 6.23. The van der Waals surface area contributed by atoms with Crippen LogP contribution in [0, 0.1) is 0 Å². The number of hydrogen-bond acceptors (Lipinski definition) is 3. The van der Waals surface area contributed by atoms with Crippen LogP contribution >= 0.6 is 0 Å². The molecule has 0 saturated carbocycles. The van der Waals surface area contributed by atoms with Gasteiger partial charge in [-0.2, -0.15) is 0 Å². The van der Waals surface area contributed by atoms with Crippen LogP contribution in [0.1, 0.15) is 76.3 Å². The van der Waals surface area contributed by atoms with E-state index < -0.39 is 0 Å². The number of hydrogen-bond donors (Lipinski definition) is 1. The third-order valence-electron chi connectivity index (χ3n) is 3.76. The van der Waals surface area contributed by atoms with Gasteiger partial charge in [-0.05, 0) is 12.5 Å². The molecule has 20 heavy (non-hydrogen) atoms. The Morgan fingerprint density at radius 3 is 2.40 bits per heavy atom. The van der Waals surface area contributed by atoms with Gasteiger partial charge in [0.1, 0.15) is 0 Å². The predicted molar refractivity (Wildman–Crippen MR) is 84.9 cm³/mol. The third kappa shape index (κ3) is 6.38. The Bertz CT molecular complexity index is 355. The van der Waals surface area contributed by atoms with Crippen LogP contribution in [0.5, 0.6) is 5.88 Å². The van der Waals surface area contributed by atoms with E-state index in [1.807, 2.05) is 12.1 Å². The molecule has 2 N–H and O–H groups in total. The van der Waals surface area contributed by atoms with Crippen molar-refractivity contribution in [3.8, 4) is 5.88 Å². The topological polar surface area (TPSA) is 48.1 Å². The van der Waals surface area contributed by atoms with Crippen LogP contribution in [-0.4, -0.2) is 12.1 Å². The Morgan fingerprint density at radius 1 is 1.10 bits per heavy atom. The van der Waals surface area contributed by atoms with Crippen molar-refractivity contribution in [3.05, 3.63) is 23.9 Å². The Labute approximate surface area is 123 Å². The molecular weight excluding hydrogens is 248 g/mol. The zero-order valence-electron chi connectivity index (χ0n) is 13.1. The first-order valence-electron chi connectivity index (χ1n) is 8.04. The van der Waals surface area contributed by atoms with Crippen molar-refractivity contribution in [1.29, 1.82) is 0 Å². The van der Waals surface area contributed by atoms with E-state index in [-0.39, 0.29) is 6.04 Å². The van der Waals surface area contributed by atoms with Crippen LogP contribution in [0.25, 0.3) is 0 Å². The van der Waals surface area contributed by atoms with Gasteiger partial charge in [-0.1, -0.05) is 64.4 Å². The zero-order valence-corrected chi connectivity index (χ0v) is 13.1. The second kappa shape index (κ2) is 10.7. The first kappa shape index (κ1) is 17.0. The molecule has 0 saturated heterocycles. The van der Waals surface area contributed by atoms with Gasteiger partial charge in [0.2, 0.25) is 5.88 Å². The zero-order chi connectivity index (χ0) is 14.6. The number of pyridine rings is 1. The van der Waals surface area contributed by atoms with Gasteiger partial charge in [-0.3, -0.25) is 0 Å². The first-order chi connectivity index (χ1) is 9.79. The summed E-state index contributed by atoms with van der Waals surface area (Å²) < 4.78 is 5.26. The van der Waals surface area contributed by atoms with Gasteiger partial charge in [-0.15, -0.1) is 0 Å². The highest BCUT2D eigenvalue weighted by Crippen LogP contribution is 2.24. The minimum Gasteiger partial charge on any atom is -0.481 e. The summed E-state index contributed by atoms with van der Waals surface area (Å²) >= 11 is 0. The molecule has 114 valence electrons. The number of nitrogens with zero attached hydrogens (tertiary/aromatic N) is 1. The van der Waals surface area contributed by atoms with Gasteiger partial charge in [-0.25, -0.2) is 4.98 Å². The number of rotatable bonds is 11. The van der Waals surface area contributed by atoms with Crippen LogP contribution in [0.3, 0.4) is 0 Å². The van der Waals surface area contributed by atoms with Crippen LogP contribution in [0.15, 0.2) is 18.3 Å². The van der Waals surface area contributed by atoms with E-state index in [2.05, 4.69) is 11.9 Å². The van der Waals surface area contributed by atoms with E-state index in [9.17, 15) is 0 Å². The fraction of sp³-hybridized carbons (Fsp3) is 0.706. The number of unbranched alkanes of at least 4 members (excludes halogenated alkanes) is 7. The lowest BCUT2D eigenvalue weighted by Gasteiger charge is -2.14. The van der Waals surface area contributed by atoms with E-state index >= 15 is 0 Å². The molecule has 0 aliphatic rings. The molecule has 1 heterocycles. The van der Waals surface area contributed by atoms with Gasteiger partial charge in [0.05, 0.1) is 7.11 Å². The molecule has 0 bridgehead atoms. The highest BCUT2D eigenvalue weighted by atomic mass is 16.5. The largest absolute Gasteiger partial charge is 0.481 e. The monoisotopic (exact) mass is 278 g/mol. The fourth-order valence-corrected chi connectivity index (χ4v) is 2.51. The van der Waals surface area contributed by atoms with Gasteiger partial charge < -0.3 is 10.5 Å². The van der Waals surface area contributed by atoms with Crippen molar-refractivity contribution in [2.24, 2.45) is 5.73 Å². The summed E-state index contributed by atoms with van der Waals surface area (Å²) in [6.45, 7) is 2.26. The molecule has 1 rings (SSSR count). The maximum atomic E-state index is 6.23. The molecular formula is C17H30N2O. The summed E-state index contributed by atoms with van der Waals surface area (Å²) in [5, 5.41) is 0. The van der Waals surface area contributed by atoms with Crippen LogP contribution < -0.4 is 10.5 Å². The normalized spacial score (nSPS) is 12.3. The second-order valence-electron chi connectivity index (χ2n) is 5.47. The van der Waals surface area contributed by atoms with Gasteiger partial charge in [0, 0.05) is 17.8 Å². The molecule has 3 nitrogen and oxygen atoms in total. The lowest BCUT2D eigenvalue weighted by atomic mass is 10.0. The summed E-state index contributed by atoms with van der Waals surface area (Å²) in [5.41, 5.74) is 7.26. The molecule has 3 heteroatoms. The minimum absolute atomic E-state index is 0.0405. The molecule has 0 aliphatic carbocycles. The molecule has 1 aromatic heterocycles. The number of ether oxygens (including phenoxy) is 1. The van der Waals surface area contributed by atoms with E-state index in [0.717, 1.165) is 12.0 Å². The Kier molecular flexibility index (Phi) is 9.05. The maximum Gasteiger partial charge on any atom is 0.217 e. The lowest BCUT2D eigenvalue weighted by Crippen LogP contribution is -2.12. The van der Waals surface area contributed by atoms with Gasteiger partial charge in [0.25, 0.3) is 0 Å². The Balaban J connectivity index is 2.15. The summed E-state index contributed by atoms with van der Waals surface area (Å²) in [6, 6.07) is 3.98. The summed E-state index contributed by atoms with van der Waals surface area (Å²) in [4.78, 5) is 4.20. The number of aromatic nitrogens is 1. The van der Waals surface area contributed by atoms with Gasteiger partial charge >= 0.3 is 0 Å². The lowest BCUT2D eigenvalue weighted by molar-refractivity contribution is 0.386. The molecule has 1 atom stereocenters. The summed E-state index contributed by atoms with van der Waals surface area (Å²) in [5.74, 6) is 0.666. The predicted octanol–water partition coefficient (Wildman–Crippen LogP) is 4.62. The van der Waals surface area contributed by atoms with Crippen molar-refractivity contribution in [3.63, 3.8) is 0 Å². The van der Waals surface area contributed by atoms with E-state index in [0.29, 0.717) is 5.88 Å². The number of methoxy groups -OCH3 is 1. The molecule has 0 aromatic carbocycles. The average molecular weight is 278 g/mol. The fourth-order valence-electron chi connectivity index (χ4n) is 2.51.